The molecule has 1 fully saturated rings. The average Bonchev–Trinajstić information content (AvgIpc) is 3.19. The topological polar surface area (TPSA) is 41.6 Å². The Kier molecular flexibility index (Phi) is 6.58. The van der Waals surface area contributed by atoms with Gasteiger partial charge in [0, 0.05) is 6.54 Å². The van der Waals surface area contributed by atoms with Crippen LogP contribution < -0.4 is 10.1 Å². The van der Waals surface area contributed by atoms with Gasteiger partial charge in [0.25, 0.3) is 5.91 Å². The molecule has 3 rings (SSSR count). The lowest BCUT2D eigenvalue weighted by Crippen LogP contribution is -2.37. The molecule has 1 aliphatic heterocycles. The zero-order chi connectivity index (χ0) is 19.4. The van der Waals surface area contributed by atoms with Gasteiger partial charge in [-0.15, -0.1) is 0 Å². The molecule has 1 saturated heterocycles. The van der Waals surface area contributed by atoms with E-state index in [1.54, 1.807) is 7.11 Å². The summed E-state index contributed by atoms with van der Waals surface area (Å²) in [4.78, 5) is 14.9. The smallest absolute Gasteiger partial charge is 0.252 e. The molecule has 0 bridgehead atoms. The van der Waals surface area contributed by atoms with Crippen LogP contribution in [-0.4, -0.2) is 37.6 Å². The van der Waals surface area contributed by atoms with Crippen LogP contribution in [0.1, 0.15) is 34.8 Å². The number of hydrogen-bond acceptors (Lipinski definition) is 3. The van der Waals surface area contributed by atoms with Gasteiger partial charge in [-0.3, -0.25) is 9.69 Å². The van der Waals surface area contributed by atoms with Crippen LogP contribution in [-0.2, 0) is 0 Å². The van der Waals surface area contributed by atoms with Crippen LogP contribution in [0, 0.1) is 5.82 Å². The maximum absolute atomic E-state index is 13.7. The van der Waals surface area contributed by atoms with Crippen LogP contribution in [0.15, 0.2) is 36.4 Å². The number of halogens is 3. The average molecular weight is 411 g/mol. The second kappa shape index (κ2) is 8.91. The number of amides is 1. The highest BCUT2D eigenvalue weighted by Crippen LogP contribution is 2.27. The van der Waals surface area contributed by atoms with E-state index in [0.717, 1.165) is 43.3 Å². The Morgan fingerprint density at radius 1 is 1.19 bits per heavy atom. The third-order valence-electron chi connectivity index (χ3n) is 4.79. The van der Waals surface area contributed by atoms with Crippen LogP contribution in [0.4, 0.5) is 4.39 Å². The fraction of sp³-hybridized carbons (Fsp3) is 0.350. The van der Waals surface area contributed by atoms with Crippen molar-refractivity contribution in [3.8, 4) is 5.75 Å². The predicted octanol–water partition coefficient (Wildman–Crippen LogP) is 4.71. The first-order chi connectivity index (χ1) is 13.0. The zero-order valence-corrected chi connectivity index (χ0v) is 16.5. The number of nitrogens with one attached hydrogen (secondary N) is 1. The van der Waals surface area contributed by atoms with E-state index in [9.17, 15) is 9.18 Å². The summed E-state index contributed by atoms with van der Waals surface area (Å²) in [6.45, 7) is 2.34. The van der Waals surface area contributed by atoms with Crippen molar-refractivity contribution in [2.45, 2.75) is 18.9 Å². The summed E-state index contributed by atoms with van der Waals surface area (Å²) in [5, 5.41) is 2.90. The molecule has 0 spiro atoms. The molecule has 7 heteroatoms. The molecule has 0 saturated carbocycles. The third-order valence-corrected chi connectivity index (χ3v) is 5.39. The first-order valence-corrected chi connectivity index (χ1v) is 9.56. The Morgan fingerprint density at radius 2 is 1.85 bits per heavy atom. The molecule has 0 radical (unpaired) electrons. The predicted molar refractivity (Wildman–Crippen MR) is 105 cm³/mol. The maximum atomic E-state index is 13.7. The molecule has 144 valence electrons. The minimum Gasteiger partial charge on any atom is -0.497 e. The molecular formula is C20H21Cl2FN2O2. The molecule has 1 amide bonds. The van der Waals surface area contributed by atoms with E-state index in [0.29, 0.717) is 6.54 Å². The number of rotatable bonds is 6. The molecule has 1 heterocycles. The lowest BCUT2D eigenvalue weighted by Gasteiger charge is -2.28. The number of carbonyl (C=O) groups excluding carboxylic acids is 1. The molecule has 1 atom stereocenters. The van der Waals surface area contributed by atoms with Crippen molar-refractivity contribution in [2.24, 2.45) is 0 Å². The zero-order valence-electron chi connectivity index (χ0n) is 15.0. The summed E-state index contributed by atoms with van der Waals surface area (Å²) in [5.74, 6) is -0.308. The molecule has 2 aromatic carbocycles. The van der Waals surface area contributed by atoms with E-state index >= 15 is 0 Å². The van der Waals surface area contributed by atoms with Crippen molar-refractivity contribution in [3.05, 3.63) is 63.4 Å². The number of nitrogens with zero attached hydrogens (tertiary/aromatic N) is 1. The molecule has 2 aromatic rings. The monoisotopic (exact) mass is 410 g/mol. The highest BCUT2D eigenvalue weighted by Gasteiger charge is 2.25. The molecule has 1 N–H and O–H groups in total. The van der Waals surface area contributed by atoms with Gasteiger partial charge in [0.1, 0.15) is 11.6 Å². The van der Waals surface area contributed by atoms with Crippen LogP contribution in [0.2, 0.25) is 10.0 Å². The lowest BCUT2D eigenvalue weighted by atomic mass is 10.0. The molecule has 1 aliphatic rings. The summed E-state index contributed by atoms with van der Waals surface area (Å²) in [5.41, 5.74) is 1.17. The standard InChI is InChI=1S/C20H21Cl2FN2O2/c1-27-14-6-4-13(5-7-14)19(25-8-2-3-9-25)12-24-20(26)15-10-18(23)17(22)11-16(15)21/h4-7,10-11,19H,2-3,8-9,12H2,1H3,(H,24,26). The fourth-order valence-electron chi connectivity index (χ4n) is 3.32. The van der Waals surface area contributed by atoms with Crippen LogP contribution in [0.25, 0.3) is 0 Å². The maximum Gasteiger partial charge on any atom is 0.252 e. The second-order valence-corrected chi connectivity index (χ2v) is 7.30. The highest BCUT2D eigenvalue weighted by atomic mass is 35.5. The second-order valence-electron chi connectivity index (χ2n) is 6.49. The summed E-state index contributed by atoms with van der Waals surface area (Å²) in [6, 6.07) is 10.2. The van der Waals surface area contributed by atoms with E-state index in [-0.39, 0.29) is 21.7 Å². The van der Waals surface area contributed by atoms with Gasteiger partial charge in [-0.25, -0.2) is 4.39 Å². The van der Waals surface area contributed by atoms with Crippen molar-refractivity contribution in [1.82, 2.24) is 10.2 Å². The quantitative estimate of drug-likeness (QED) is 0.701. The summed E-state index contributed by atoms with van der Waals surface area (Å²) in [6.07, 6.45) is 2.27. The van der Waals surface area contributed by atoms with Crippen molar-refractivity contribution < 1.29 is 13.9 Å². The number of methoxy groups -OCH3 is 1. The van der Waals surface area contributed by atoms with Crippen molar-refractivity contribution in [2.75, 3.05) is 26.7 Å². The third kappa shape index (κ3) is 4.72. The lowest BCUT2D eigenvalue weighted by molar-refractivity contribution is 0.0937. The molecule has 27 heavy (non-hydrogen) atoms. The van der Waals surface area contributed by atoms with Gasteiger partial charge in [0.05, 0.1) is 28.8 Å². The van der Waals surface area contributed by atoms with Gasteiger partial charge in [0.2, 0.25) is 0 Å². The Balaban J connectivity index is 1.76. The van der Waals surface area contributed by atoms with Gasteiger partial charge < -0.3 is 10.1 Å². The van der Waals surface area contributed by atoms with E-state index in [4.69, 9.17) is 27.9 Å². The van der Waals surface area contributed by atoms with Gasteiger partial charge in [-0.05, 0) is 55.8 Å². The first kappa shape index (κ1) is 19.9. The van der Waals surface area contributed by atoms with E-state index in [1.807, 2.05) is 24.3 Å². The van der Waals surface area contributed by atoms with Gasteiger partial charge in [-0.1, -0.05) is 35.3 Å². The fourth-order valence-corrected chi connectivity index (χ4v) is 3.79. The van der Waals surface area contributed by atoms with E-state index in [2.05, 4.69) is 10.2 Å². The summed E-state index contributed by atoms with van der Waals surface area (Å²) in [7, 11) is 1.63. The van der Waals surface area contributed by atoms with E-state index in [1.165, 1.54) is 6.07 Å². The molecule has 1 unspecified atom stereocenters. The largest absolute Gasteiger partial charge is 0.497 e. The molecule has 0 aliphatic carbocycles. The molecular weight excluding hydrogens is 390 g/mol. The summed E-state index contributed by atoms with van der Waals surface area (Å²) >= 11 is 11.8. The molecule has 0 aromatic heterocycles. The molecule has 4 nitrogen and oxygen atoms in total. The number of carbonyl (C=O) groups is 1. The van der Waals surface area contributed by atoms with Gasteiger partial charge in [0.15, 0.2) is 0 Å². The number of likely N-dealkylation sites (tertiary alicyclic amines) is 1. The van der Waals surface area contributed by atoms with Crippen LogP contribution >= 0.6 is 23.2 Å². The minimum absolute atomic E-state index is 0.0262. The first-order valence-electron chi connectivity index (χ1n) is 8.80. The Bertz CT molecular complexity index is 808. The van der Waals surface area contributed by atoms with Gasteiger partial charge >= 0.3 is 0 Å². The van der Waals surface area contributed by atoms with Crippen molar-refractivity contribution in [1.29, 1.82) is 0 Å². The van der Waals surface area contributed by atoms with Crippen LogP contribution in [0.5, 0.6) is 5.75 Å². The Labute approximate surface area is 168 Å². The van der Waals surface area contributed by atoms with Crippen LogP contribution in [0.3, 0.4) is 0 Å². The highest BCUT2D eigenvalue weighted by molar-refractivity contribution is 6.36. The minimum atomic E-state index is -0.669. The normalized spacial score (nSPS) is 15.6. The van der Waals surface area contributed by atoms with Crippen molar-refractivity contribution >= 4 is 29.1 Å². The number of ether oxygens (including phenoxy) is 1. The SMILES string of the molecule is COc1ccc(C(CNC(=O)c2cc(F)c(Cl)cc2Cl)N2CCCC2)cc1. The number of hydrogen-bond donors (Lipinski definition) is 1. The summed E-state index contributed by atoms with van der Waals surface area (Å²) < 4.78 is 18.9. The Hall–Kier alpha value is -1.82. The Morgan fingerprint density at radius 3 is 2.48 bits per heavy atom. The van der Waals surface area contributed by atoms with Crippen molar-refractivity contribution in [3.63, 3.8) is 0 Å². The van der Waals surface area contributed by atoms with Gasteiger partial charge in [-0.2, -0.15) is 0 Å². The van der Waals surface area contributed by atoms with E-state index < -0.39 is 11.7 Å². The number of benzene rings is 2.